The van der Waals surface area contributed by atoms with Crippen molar-refractivity contribution in [2.24, 2.45) is 11.8 Å². The number of carbonyl (C=O) groups excluding carboxylic acids is 3. The fourth-order valence-electron chi connectivity index (χ4n) is 7.94. The van der Waals surface area contributed by atoms with Crippen molar-refractivity contribution < 1.29 is 24.2 Å². The van der Waals surface area contributed by atoms with Crippen molar-refractivity contribution in [2.75, 3.05) is 64.0 Å². The van der Waals surface area contributed by atoms with Gasteiger partial charge >= 0.3 is 0 Å². The van der Waals surface area contributed by atoms with Crippen molar-refractivity contribution in [3.05, 3.63) is 91.5 Å². The molecule has 0 aromatic heterocycles. The summed E-state index contributed by atoms with van der Waals surface area (Å²) >= 11 is 5.50. The van der Waals surface area contributed by atoms with E-state index in [-0.39, 0.29) is 34.4 Å². The van der Waals surface area contributed by atoms with E-state index in [1.807, 2.05) is 60.7 Å². The highest BCUT2D eigenvalue weighted by molar-refractivity contribution is 9.09. The van der Waals surface area contributed by atoms with Gasteiger partial charge in [0.05, 0.1) is 42.4 Å². The summed E-state index contributed by atoms with van der Waals surface area (Å²) in [6.45, 7) is 12.2. The molecule has 6 rings (SSSR count). The number of alkyl halides is 1. The van der Waals surface area contributed by atoms with E-state index in [1.54, 1.807) is 38.6 Å². The van der Waals surface area contributed by atoms with Crippen LogP contribution in [-0.2, 0) is 19.1 Å². The van der Waals surface area contributed by atoms with E-state index in [9.17, 15) is 14.7 Å². The highest BCUT2D eigenvalue weighted by Crippen LogP contribution is 2.68. The van der Waals surface area contributed by atoms with Crippen molar-refractivity contribution in [1.82, 2.24) is 14.7 Å². The second-order valence-corrected chi connectivity index (χ2v) is 15.3. The summed E-state index contributed by atoms with van der Waals surface area (Å²) in [5.74, 6) is -1.97. The lowest BCUT2D eigenvalue weighted by Gasteiger charge is -2.40. The molecule has 4 saturated heterocycles. The molecule has 4 fully saturated rings. The van der Waals surface area contributed by atoms with E-state index in [2.05, 4.69) is 34.0 Å². The Bertz CT molecular complexity index is 1460. The standard InChI is InChI=1S/C36H43BrN4O5S/c1-3-15-39(18-17-38-19-21-46-22-20-38)35(45)32-36-23-27(37)31(47-36)29(33(43)40(16-4-2)26-13-9-6-10-14-26)30(36)34(44)41(32)28(24-42)25-11-7-5-8-12-25/h3-14,27-32,42H,1-2,15-24H2/t27?,28-,29+,30+,31+,32?,36?/m1/s1. The molecule has 0 radical (unpaired) electrons. The second-order valence-electron chi connectivity index (χ2n) is 12.6. The number of hydrogen-bond acceptors (Lipinski definition) is 7. The van der Waals surface area contributed by atoms with Gasteiger partial charge in [-0.15, -0.1) is 24.9 Å². The Morgan fingerprint density at radius 1 is 1.04 bits per heavy atom. The Hall–Kier alpha value is -2.96. The number of morpholine rings is 1. The zero-order chi connectivity index (χ0) is 33.1. The Morgan fingerprint density at radius 2 is 1.70 bits per heavy atom. The van der Waals surface area contributed by atoms with Gasteiger partial charge in [0.25, 0.3) is 0 Å². The second kappa shape index (κ2) is 14.7. The number of carbonyl (C=O) groups is 3. The van der Waals surface area contributed by atoms with Crippen molar-refractivity contribution in [3.8, 4) is 0 Å². The molecular formula is C36H43BrN4O5S. The molecular weight excluding hydrogens is 680 g/mol. The predicted molar refractivity (Wildman–Crippen MR) is 188 cm³/mol. The number of aliphatic hydroxyl groups is 1. The third-order valence-corrected chi connectivity index (χ3v) is 13.3. The summed E-state index contributed by atoms with van der Waals surface area (Å²) in [5, 5.41) is 10.7. The number of halogens is 1. The molecule has 11 heteroatoms. The molecule has 2 bridgehead atoms. The van der Waals surface area contributed by atoms with Crippen LogP contribution in [0.2, 0.25) is 0 Å². The van der Waals surface area contributed by atoms with Gasteiger partial charge in [0.1, 0.15) is 6.04 Å². The lowest BCUT2D eigenvalue weighted by Crippen LogP contribution is -2.57. The number of amides is 3. The molecule has 4 aliphatic heterocycles. The van der Waals surface area contributed by atoms with E-state index < -0.39 is 28.7 Å². The Morgan fingerprint density at radius 3 is 2.34 bits per heavy atom. The predicted octanol–water partition coefficient (Wildman–Crippen LogP) is 3.75. The van der Waals surface area contributed by atoms with Crippen LogP contribution in [0.1, 0.15) is 18.0 Å². The van der Waals surface area contributed by atoms with Crippen molar-refractivity contribution in [2.45, 2.75) is 33.3 Å². The summed E-state index contributed by atoms with van der Waals surface area (Å²) in [6, 6.07) is 17.2. The van der Waals surface area contributed by atoms with Crippen LogP contribution in [0.25, 0.3) is 0 Å². The lowest BCUT2D eigenvalue weighted by atomic mass is 9.70. The average molecular weight is 724 g/mol. The molecule has 2 aromatic rings. The quantitative estimate of drug-likeness (QED) is 0.249. The molecule has 0 aliphatic carbocycles. The molecule has 3 unspecified atom stereocenters. The van der Waals surface area contributed by atoms with Crippen LogP contribution < -0.4 is 4.90 Å². The van der Waals surface area contributed by atoms with Crippen LogP contribution in [0.15, 0.2) is 86.0 Å². The Labute approximate surface area is 289 Å². The number of fused-ring (bicyclic) bond motifs is 1. The Kier molecular flexibility index (Phi) is 10.6. The number of benzene rings is 2. The minimum Gasteiger partial charge on any atom is -0.394 e. The first-order valence-electron chi connectivity index (χ1n) is 16.3. The van der Waals surface area contributed by atoms with Gasteiger partial charge in [-0.3, -0.25) is 19.3 Å². The van der Waals surface area contributed by atoms with Crippen LogP contribution in [0, 0.1) is 11.8 Å². The van der Waals surface area contributed by atoms with Crippen molar-refractivity contribution in [1.29, 1.82) is 0 Å². The van der Waals surface area contributed by atoms with Crippen LogP contribution in [0.3, 0.4) is 0 Å². The van der Waals surface area contributed by atoms with Crippen LogP contribution in [0.5, 0.6) is 0 Å². The summed E-state index contributed by atoms with van der Waals surface area (Å²) in [5.41, 5.74) is 1.48. The van der Waals surface area contributed by atoms with Gasteiger partial charge in [-0.25, -0.2) is 0 Å². The SMILES string of the molecule is C=CCN(CCN1CCOCC1)C(=O)C1N([C@H](CO)c2ccccc2)C(=O)[C@@H]2[C@H](C(=O)N(CC=C)c3ccccc3)[C@H]3SC12CC3Br. The summed E-state index contributed by atoms with van der Waals surface area (Å²) < 4.78 is 4.66. The minimum atomic E-state index is -0.876. The van der Waals surface area contributed by atoms with E-state index in [4.69, 9.17) is 4.74 Å². The maximum Gasteiger partial charge on any atom is 0.247 e. The summed E-state index contributed by atoms with van der Waals surface area (Å²) in [7, 11) is 0. The average Bonchev–Trinajstić information content (AvgIpc) is 3.70. The van der Waals surface area contributed by atoms with E-state index in [0.29, 0.717) is 45.8 Å². The topological polar surface area (TPSA) is 93.6 Å². The number of para-hydroxylation sites is 1. The number of rotatable bonds is 13. The minimum absolute atomic E-state index is 0.0763. The van der Waals surface area contributed by atoms with E-state index >= 15 is 4.79 Å². The number of thioether (sulfide) groups is 1. The fourth-order valence-corrected chi connectivity index (χ4v) is 11.5. The first-order valence-corrected chi connectivity index (χ1v) is 18.1. The fraction of sp³-hybridized carbons (Fsp3) is 0.472. The number of hydrogen-bond donors (Lipinski definition) is 1. The molecule has 4 aliphatic rings. The number of aliphatic hydroxyl groups excluding tert-OH is 1. The van der Waals surface area contributed by atoms with E-state index in [1.165, 1.54) is 0 Å². The largest absolute Gasteiger partial charge is 0.394 e. The van der Waals surface area contributed by atoms with E-state index in [0.717, 1.165) is 24.3 Å². The molecule has 7 atom stereocenters. The molecule has 1 N–H and O–H groups in total. The normalized spacial score (nSPS) is 28.9. The molecule has 3 amide bonds. The Balaban J connectivity index is 1.41. The van der Waals surface area contributed by atoms with Crippen LogP contribution in [0.4, 0.5) is 5.69 Å². The number of nitrogens with zero attached hydrogens (tertiary/aromatic N) is 4. The van der Waals surface area contributed by atoms with Gasteiger partial charge in [0.15, 0.2) is 0 Å². The molecule has 0 saturated carbocycles. The maximum absolute atomic E-state index is 15.0. The first kappa shape index (κ1) is 33.9. The number of likely N-dealkylation sites (tertiary alicyclic amines) is 1. The smallest absolute Gasteiger partial charge is 0.247 e. The molecule has 47 heavy (non-hydrogen) atoms. The highest BCUT2D eigenvalue weighted by Gasteiger charge is 2.76. The van der Waals surface area contributed by atoms with Crippen molar-refractivity contribution in [3.63, 3.8) is 0 Å². The molecule has 1 spiro atoms. The summed E-state index contributed by atoms with van der Waals surface area (Å²) in [6.07, 6.45) is 3.97. The van der Waals surface area contributed by atoms with Gasteiger partial charge in [0.2, 0.25) is 17.7 Å². The third kappa shape index (κ3) is 6.21. The highest BCUT2D eigenvalue weighted by atomic mass is 79.9. The van der Waals surface area contributed by atoms with Gasteiger partial charge < -0.3 is 24.5 Å². The van der Waals surface area contributed by atoms with Gasteiger partial charge in [-0.2, -0.15) is 0 Å². The molecule has 9 nitrogen and oxygen atoms in total. The number of anilines is 1. The monoisotopic (exact) mass is 722 g/mol. The number of ether oxygens (including phenoxy) is 1. The zero-order valence-electron chi connectivity index (χ0n) is 26.5. The zero-order valence-corrected chi connectivity index (χ0v) is 28.9. The molecule has 4 heterocycles. The van der Waals surface area contributed by atoms with Crippen molar-refractivity contribution >= 4 is 51.1 Å². The van der Waals surface area contributed by atoms with Crippen LogP contribution in [-0.4, -0.2) is 117 Å². The third-order valence-electron chi connectivity index (χ3n) is 10.0. The van der Waals surface area contributed by atoms with Crippen LogP contribution >= 0.6 is 27.7 Å². The van der Waals surface area contributed by atoms with Gasteiger partial charge in [-0.1, -0.05) is 76.6 Å². The summed E-state index contributed by atoms with van der Waals surface area (Å²) in [4.78, 5) is 52.0. The lowest BCUT2D eigenvalue weighted by molar-refractivity contribution is -0.146. The van der Waals surface area contributed by atoms with Gasteiger partial charge in [-0.05, 0) is 24.1 Å². The maximum atomic E-state index is 15.0. The van der Waals surface area contributed by atoms with Gasteiger partial charge in [0, 0.05) is 55.0 Å². The first-order chi connectivity index (χ1) is 22.9. The molecule has 250 valence electrons. The molecule has 2 aromatic carbocycles.